The molecule has 102 valence electrons. The molecule has 0 amide bonds. The minimum Gasteiger partial charge on any atom is -0.385 e. The molecule has 1 aromatic heterocycles. The average Bonchev–Trinajstić information content (AvgIpc) is 2.97. The van der Waals surface area contributed by atoms with E-state index in [-0.39, 0.29) is 0 Å². The number of hydrogen-bond donors (Lipinski definition) is 1. The van der Waals surface area contributed by atoms with Gasteiger partial charge in [0.1, 0.15) is 0 Å². The van der Waals surface area contributed by atoms with Crippen LogP contribution in [0.2, 0.25) is 0 Å². The van der Waals surface area contributed by atoms with E-state index in [0.717, 1.165) is 43.0 Å². The first-order chi connectivity index (χ1) is 8.79. The van der Waals surface area contributed by atoms with E-state index in [2.05, 4.69) is 32.8 Å². The number of anilines is 1. The van der Waals surface area contributed by atoms with Crippen molar-refractivity contribution < 1.29 is 4.74 Å². The van der Waals surface area contributed by atoms with Crippen LogP contribution in [0.15, 0.2) is 6.20 Å². The summed E-state index contributed by atoms with van der Waals surface area (Å²) in [5, 5.41) is 4.25. The van der Waals surface area contributed by atoms with Gasteiger partial charge in [0.05, 0.1) is 5.69 Å². The Morgan fingerprint density at radius 1 is 1.61 bits per heavy atom. The number of aryl methyl sites for hydroxylation is 2. The van der Waals surface area contributed by atoms with Crippen LogP contribution in [0.25, 0.3) is 0 Å². The van der Waals surface area contributed by atoms with Crippen LogP contribution in [0.4, 0.5) is 5.95 Å². The third-order valence-corrected chi connectivity index (χ3v) is 4.55. The van der Waals surface area contributed by atoms with Crippen LogP contribution in [0.5, 0.6) is 0 Å². The molecule has 1 fully saturated rings. The van der Waals surface area contributed by atoms with E-state index in [1.165, 1.54) is 18.6 Å². The van der Waals surface area contributed by atoms with Crippen molar-refractivity contribution in [3.05, 3.63) is 11.9 Å². The number of thioether (sulfide) groups is 1. The SMILES string of the molecule is COCCCn1cc(C)nc1NCC1CCCS1. The van der Waals surface area contributed by atoms with Crippen LogP contribution in [-0.4, -0.2) is 40.8 Å². The lowest BCUT2D eigenvalue weighted by Gasteiger charge is -2.12. The molecule has 1 aromatic rings. The molecule has 0 bridgehead atoms. The molecule has 2 rings (SSSR count). The Morgan fingerprint density at radius 3 is 3.22 bits per heavy atom. The van der Waals surface area contributed by atoms with Gasteiger partial charge >= 0.3 is 0 Å². The summed E-state index contributed by atoms with van der Waals surface area (Å²) < 4.78 is 7.30. The highest BCUT2D eigenvalue weighted by atomic mass is 32.2. The Kier molecular flexibility index (Phi) is 5.38. The molecule has 1 N–H and O–H groups in total. The van der Waals surface area contributed by atoms with Crippen molar-refractivity contribution in [1.29, 1.82) is 0 Å². The molecule has 2 heterocycles. The molecule has 4 nitrogen and oxygen atoms in total. The van der Waals surface area contributed by atoms with Gasteiger partial charge in [-0.2, -0.15) is 11.8 Å². The predicted octanol–water partition coefficient (Wildman–Crippen LogP) is 2.54. The minimum atomic E-state index is 0.759. The lowest BCUT2D eigenvalue weighted by molar-refractivity contribution is 0.190. The predicted molar refractivity (Wildman–Crippen MR) is 77.4 cm³/mol. The molecule has 0 spiro atoms. The zero-order valence-electron chi connectivity index (χ0n) is 11.3. The largest absolute Gasteiger partial charge is 0.385 e. The van der Waals surface area contributed by atoms with E-state index in [1.54, 1.807) is 7.11 Å². The first-order valence-corrected chi connectivity index (χ1v) is 7.72. The van der Waals surface area contributed by atoms with Crippen LogP contribution in [0.1, 0.15) is 25.0 Å². The van der Waals surface area contributed by atoms with Gasteiger partial charge in [0, 0.05) is 38.3 Å². The van der Waals surface area contributed by atoms with Crippen molar-refractivity contribution >= 4 is 17.7 Å². The molecule has 5 heteroatoms. The number of rotatable bonds is 7. The Balaban J connectivity index is 1.85. The van der Waals surface area contributed by atoms with Crippen LogP contribution < -0.4 is 5.32 Å². The fourth-order valence-corrected chi connectivity index (χ4v) is 3.45. The Bertz CT molecular complexity index is 361. The fourth-order valence-electron chi connectivity index (χ4n) is 2.25. The van der Waals surface area contributed by atoms with Gasteiger partial charge in [-0.05, 0) is 31.9 Å². The summed E-state index contributed by atoms with van der Waals surface area (Å²) in [5.74, 6) is 2.32. The minimum absolute atomic E-state index is 0.759. The summed E-state index contributed by atoms with van der Waals surface area (Å²) in [6.45, 7) is 4.84. The van der Waals surface area contributed by atoms with Gasteiger partial charge in [0.15, 0.2) is 0 Å². The van der Waals surface area contributed by atoms with Crippen molar-refractivity contribution in [1.82, 2.24) is 9.55 Å². The number of methoxy groups -OCH3 is 1. The third kappa shape index (κ3) is 3.92. The maximum absolute atomic E-state index is 5.09. The molecule has 1 aliphatic heterocycles. The number of hydrogen-bond acceptors (Lipinski definition) is 4. The van der Waals surface area contributed by atoms with Crippen LogP contribution >= 0.6 is 11.8 Å². The van der Waals surface area contributed by atoms with E-state index in [1.807, 2.05) is 6.92 Å². The number of nitrogens with one attached hydrogen (secondary N) is 1. The van der Waals surface area contributed by atoms with E-state index in [0.29, 0.717) is 0 Å². The summed E-state index contributed by atoms with van der Waals surface area (Å²) in [6.07, 6.45) is 5.83. The number of imidazole rings is 1. The summed E-state index contributed by atoms with van der Waals surface area (Å²) in [7, 11) is 1.75. The molecule has 0 aromatic carbocycles. The Labute approximate surface area is 114 Å². The van der Waals surface area contributed by atoms with Gasteiger partial charge in [0.25, 0.3) is 0 Å². The van der Waals surface area contributed by atoms with Crippen LogP contribution in [-0.2, 0) is 11.3 Å². The second kappa shape index (κ2) is 7.04. The van der Waals surface area contributed by atoms with Crippen molar-refractivity contribution in [2.45, 2.75) is 38.0 Å². The zero-order chi connectivity index (χ0) is 12.8. The second-order valence-corrected chi connectivity index (χ2v) is 6.17. The first-order valence-electron chi connectivity index (χ1n) is 6.68. The highest BCUT2D eigenvalue weighted by Crippen LogP contribution is 2.26. The van der Waals surface area contributed by atoms with E-state index in [9.17, 15) is 0 Å². The molecule has 1 saturated heterocycles. The topological polar surface area (TPSA) is 39.1 Å². The smallest absolute Gasteiger partial charge is 0.203 e. The van der Waals surface area contributed by atoms with E-state index >= 15 is 0 Å². The fraction of sp³-hybridized carbons (Fsp3) is 0.769. The summed E-state index contributed by atoms with van der Waals surface area (Å²) >= 11 is 2.08. The quantitative estimate of drug-likeness (QED) is 0.772. The number of aromatic nitrogens is 2. The highest BCUT2D eigenvalue weighted by Gasteiger charge is 2.16. The normalized spacial score (nSPS) is 19.3. The lowest BCUT2D eigenvalue weighted by Crippen LogP contribution is -2.17. The summed E-state index contributed by atoms with van der Waals surface area (Å²) in [4.78, 5) is 4.55. The van der Waals surface area contributed by atoms with Crippen molar-refractivity contribution in [3.8, 4) is 0 Å². The van der Waals surface area contributed by atoms with E-state index in [4.69, 9.17) is 4.74 Å². The standard InChI is InChI=1S/C13H23N3OS/c1-11-10-16(6-4-7-17-2)13(15-11)14-9-12-5-3-8-18-12/h10,12H,3-9H2,1-2H3,(H,14,15). The Morgan fingerprint density at radius 2 is 2.50 bits per heavy atom. The lowest BCUT2D eigenvalue weighted by atomic mass is 10.2. The maximum Gasteiger partial charge on any atom is 0.203 e. The molecule has 0 saturated carbocycles. The monoisotopic (exact) mass is 269 g/mol. The van der Waals surface area contributed by atoms with Gasteiger partial charge in [-0.3, -0.25) is 0 Å². The Hall–Kier alpha value is -0.680. The maximum atomic E-state index is 5.09. The molecule has 0 aliphatic carbocycles. The van der Waals surface area contributed by atoms with E-state index < -0.39 is 0 Å². The molecule has 1 atom stereocenters. The van der Waals surface area contributed by atoms with Gasteiger partial charge in [0.2, 0.25) is 5.95 Å². The molecule has 1 unspecified atom stereocenters. The van der Waals surface area contributed by atoms with Gasteiger partial charge in [-0.15, -0.1) is 0 Å². The molecule has 1 aliphatic rings. The number of ether oxygens (including phenoxy) is 1. The second-order valence-electron chi connectivity index (χ2n) is 4.76. The van der Waals surface area contributed by atoms with Gasteiger partial charge in [-0.1, -0.05) is 0 Å². The molecule has 0 radical (unpaired) electrons. The first kappa shape index (κ1) is 13.7. The average molecular weight is 269 g/mol. The van der Waals surface area contributed by atoms with Gasteiger partial charge < -0.3 is 14.6 Å². The van der Waals surface area contributed by atoms with Gasteiger partial charge in [-0.25, -0.2) is 4.98 Å². The third-order valence-electron chi connectivity index (χ3n) is 3.16. The molecule has 18 heavy (non-hydrogen) atoms. The summed E-state index contributed by atoms with van der Waals surface area (Å²) in [6, 6.07) is 0. The molecular weight excluding hydrogens is 246 g/mol. The zero-order valence-corrected chi connectivity index (χ0v) is 12.1. The molecular formula is C13H23N3OS. The number of nitrogens with zero attached hydrogens (tertiary/aromatic N) is 2. The summed E-state index contributed by atoms with van der Waals surface area (Å²) in [5.41, 5.74) is 1.08. The van der Waals surface area contributed by atoms with Crippen molar-refractivity contribution in [3.63, 3.8) is 0 Å². The van der Waals surface area contributed by atoms with Crippen LogP contribution in [0, 0.1) is 6.92 Å². The van der Waals surface area contributed by atoms with Crippen molar-refractivity contribution in [2.75, 3.05) is 31.3 Å². The van der Waals surface area contributed by atoms with Crippen molar-refractivity contribution in [2.24, 2.45) is 0 Å². The highest BCUT2D eigenvalue weighted by molar-refractivity contribution is 8.00. The van der Waals surface area contributed by atoms with Crippen LogP contribution in [0.3, 0.4) is 0 Å².